The Bertz CT molecular complexity index is 526. The zero-order valence-corrected chi connectivity index (χ0v) is 11.8. The molecule has 0 bridgehead atoms. The van der Waals surface area contributed by atoms with Gasteiger partial charge in [0.05, 0.1) is 0 Å². The summed E-state index contributed by atoms with van der Waals surface area (Å²) in [6.07, 6.45) is 2.61. The number of hydrogen-bond donors (Lipinski definition) is 1. The van der Waals surface area contributed by atoms with Gasteiger partial charge in [0.2, 0.25) is 0 Å². The zero-order valence-electron chi connectivity index (χ0n) is 11.8. The lowest BCUT2D eigenvalue weighted by atomic mass is 9.91. The van der Waals surface area contributed by atoms with Crippen LogP contribution in [-0.2, 0) is 0 Å². The predicted molar refractivity (Wildman–Crippen MR) is 80.1 cm³/mol. The Morgan fingerprint density at radius 2 is 1.68 bits per heavy atom. The van der Waals surface area contributed by atoms with Crippen molar-refractivity contribution in [1.29, 1.82) is 0 Å². The van der Waals surface area contributed by atoms with Crippen LogP contribution in [0.25, 0.3) is 5.69 Å². The van der Waals surface area contributed by atoms with Gasteiger partial charge in [-0.2, -0.15) is 0 Å². The summed E-state index contributed by atoms with van der Waals surface area (Å²) in [5, 5.41) is 3.49. The van der Waals surface area contributed by atoms with E-state index in [4.69, 9.17) is 0 Å². The molecule has 1 fully saturated rings. The molecule has 1 aromatic heterocycles. The quantitative estimate of drug-likeness (QED) is 0.867. The molecule has 1 N–H and O–H groups in total. The SMILES string of the molecule is Cc1ccc(C)n1-c1ccc([C@@H]2CCCNC2)cc1. The van der Waals surface area contributed by atoms with Crippen molar-refractivity contribution in [2.24, 2.45) is 0 Å². The van der Waals surface area contributed by atoms with Crippen molar-refractivity contribution in [3.05, 3.63) is 53.3 Å². The van der Waals surface area contributed by atoms with E-state index in [9.17, 15) is 0 Å². The van der Waals surface area contributed by atoms with Gasteiger partial charge in [-0.05, 0) is 69.0 Å². The van der Waals surface area contributed by atoms with Crippen molar-refractivity contribution in [1.82, 2.24) is 9.88 Å². The van der Waals surface area contributed by atoms with Crippen LogP contribution in [0.5, 0.6) is 0 Å². The molecular formula is C17H22N2. The highest BCUT2D eigenvalue weighted by atomic mass is 15.0. The van der Waals surface area contributed by atoms with Crippen LogP contribution in [0.2, 0.25) is 0 Å². The second kappa shape index (κ2) is 5.22. The molecule has 2 heterocycles. The Labute approximate surface area is 115 Å². The van der Waals surface area contributed by atoms with Gasteiger partial charge in [0.1, 0.15) is 0 Å². The summed E-state index contributed by atoms with van der Waals surface area (Å²) < 4.78 is 2.31. The van der Waals surface area contributed by atoms with Crippen molar-refractivity contribution < 1.29 is 0 Å². The molecule has 1 aliphatic rings. The second-order valence-electron chi connectivity index (χ2n) is 5.59. The first-order valence-electron chi connectivity index (χ1n) is 7.22. The maximum Gasteiger partial charge on any atom is 0.0455 e. The fourth-order valence-corrected chi connectivity index (χ4v) is 3.11. The summed E-state index contributed by atoms with van der Waals surface area (Å²) in [6.45, 7) is 6.62. The highest BCUT2D eigenvalue weighted by molar-refractivity contribution is 5.40. The normalized spacial score (nSPS) is 19.6. The largest absolute Gasteiger partial charge is 0.319 e. The molecule has 0 amide bonds. The summed E-state index contributed by atoms with van der Waals surface area (Å²) in [5.41, 5.74) is 5.33. The third kappa shape index (κ3) is 2.45. The van der Waals surface area contributed by atoms with Crippen molar-refractivity contribution in [3.8, 4) is 5.69 Å². The fourth-order valence-electron chi connectivity index (χ4n) is 3.11. The van der Waals surface area contributed by atoms with Crippen LogP contribution in [0.1, 0.15) is 35.7 Å². The molecule has 1 saturated heterocycles. The van der Waals surface area contributed by atoms with E-state index in [2.05, 4.69) is 60.1 Å². The maximum absolute atomic E-state index is 3.49. The molecule has 0 aliphatic carbocycles. The Morgan fingerprint density at radius 1 is 1.00 bits per heavy atom. The Kier molecular flexibility index (Phi) is 3.43. The van der Waals surface area contributed by atoms with Gasteiger partial charge in [-0.25, -0.2) is 0 Å². The summed E-state index contributed by atoms with van der Waals surface area (Å²) in [6, 6.07) is 13.5. The first-order chi connectivity index (χ1) is 9.25. The molecule has 2 heteroatoms. The number of benzene rings is 1. The van der Waals surface area contributed by atoms with Gasteiger partial charge in [-0.3, -0.25) is 0 Å². The number of aryl methyl sites for hydroxylation is 2. The van der Waals surface area contributed by atoms with E-state index in [1.165, 1.54) is 42.0 Å². The summed E-state index contributed by atoms with van der Waals surface area (Å²) in [4.78, 5) is 0. The lowest BCUT2D eigenvalue weighted by Gasteiger charge is -2.23. The van der Waals surface area contributed by atoms with Gasteiger partial charge in [-0.15, -0.1) is 0 Å². The summed E-state index contributed by atoms with van der Waals surface area (Å²) >= 11 is 0. The first kappa shape index (κ1) is 12.5. The minimum Gasteiger partial charge on any atom is -0.319 e. The third-order valence-electron chi connectivity index (χ3n) is 4.19. The van der Waals surface area contributed by atoms with E-state index in [1.54, 1.807) is 0 Å². The van der Waals surface area contributed by atoms with Crippen molar-refractivity contribution in [2.75, 3.05) is 13.1 Å². The molecule has 0 radical (unpaired) electrons. The number of rotatable bonds is 2. The van der Waals surface area contributed by atoms with E-state index in [1.807, 2.05) is 0 Å². The number of piperidine rings is 1. The van der Waals surface area contributed by atoms with E-state index >= 15 is 0 Å². The van der Waals surface area contributed by atoms with E-state index in [-0.39, 0.29) is 0 Å². The van der Waals surface area contributed by atoms with Gasteiger partial charge < -0.3 is 9.88 Å². The number of nitrogens with one attached hydrogen (secondary N) is 1. The molecule has 0 saturated carbocycles. The van der Waals surface area contributed by atoms with Crippen LogP contribution >= 0.6 is 0 Å². The van der Waals surface area contributed by atoms with Gasteiger partial charge >= 0.3 is 0 Å². The lowest BCUT2D eigenvalue weighted by molar-refractivity contribution is 0.461. The van der Waals surface area contributed by atoms with Crippen molar-refractivity contribution in [3.63, 3.8) is 0 Å². The molecule has 0 spiro atoms. The van der Waals surface area contributed by atoms with Crippen LogP contribution in [0, 0.1) is 13.8 Å². The average molecular weight is 254 g/mol. The zero-order chi connectivity index (χ0) is 13.2. The van der Waals surface area contributed by atoms with Gasteiger partial charge in [-0.1, -0.05) is 12.1 Å². The maximum atomic E-state index is 3.49. The third-order valence-corrected chi connectivity index (χ3v) is 4.19. The van der Waals surface area contributed by atoms with E-state index in [0.717, 1.165) is 6.54 Å². The molecule has 2 nitrogen and oxygen atoms in total. The molecule has 0 unspecified atom stereocenters. The molecule has 1 aromatic carbocycles. The molecule has 1 atom stereocenters. The Balaban J connectivity index is 1.86. The Morgan fingerprint density at radius 3 is 2.26 bits per heavy atom. The van der Waals surface area contributed by atoms with Crippen LogP contribution in [-0.4, -0.2) is 17.7 Å². The standard InChI is InChI=1S/C17H22N2/c1-13-5-6-14(2)19(13)17-9-7-15(8-10-17)16-4-3-11-18-12-16/h5-10,16,18H,3-4,11-12H2,1-2H3/t16-/m1/s1. The van der Waals surface area contributed by atoms with E-state index in [0.29, 0.717) is 5.92 Å². The van der Waals surface area contributed by atoms with Crippen LogP contribution in [0.15, 0.2) is 36.4 Å². The monoisotopic (exact) mass is 254 g/mol. The summed E-state index contributed by atoms with van der Waals surface area (Å²) in [7, 11) is 0. The molecule has 19 heavy (non-hydrogen) atoms. The number of nitrogens with zero attached hydrogens (tertiary/aromatic N) is 1. The van der Waals surface area contributed by atoms with Gasteiger partial charge in [0.25, 0.3) is 0 Å². The van der Waals surface area contributed by atoms with Gasteiger partial charge in [0, 0.05) is 23.6 Å². The van der Waals surface area contributed by atoms with Crippen LogP contribution in [0.3, 0.4) is 0 Å². The Hall–Kier alpha value is -1.54. The van der Waals surface area contributed by atoms with Crippen molar-refractivity contribution in [2.45, 2.75) is 32.6 Å². The predicted octanol–water partition coefficient (Wildman–Crippen LogP) is 3.56. The molecule has 1 aliphatic heterocycles. The van der Waals surface area contributed by atoms with Crippen LogP contribution in [0.4, 0.5) is 0 Å². The highest BCUT2D eigenvalue weighted by Crippen LogP contribution is 2.25. The number of aromatic nitrogens is 1. The second-order valence-corrected chi connectivity index (χ2v) is 5.59. The minimum absolute atomic E-state index is 0.689. The average Bonchev–Trinajstić information content (AvgIpc) is 2.79. The molecule has 3 rings (SSSR count). The molecule has 100 valence electrons. The van der Waals surface area contributed by atoms with E-state index < -0.39 is 0 Å². The summed E-state index contributed by atoms with van der Waals surface area (Å²) in [5.74, 6) is 0.689. The smallest absolute Gasteiger partial charge is 0.0455 e. The number of hydrogen-bond acceptors (Lipinski definition) is 1. The van der Waals surface area contributed by atoms with Crippen LogP contribution < -0.4 is 5.32 Å². The van der Waals surface area contributed by atoms with Gasteiger partial charge in [0.15, 0.2) is 0 Å². The first-order valence-corrected chi connectivity index (χ1v) is 7.22. The highest BCUT2D eigenvalue weighted by Gasteiger charge is 2.15. The molecular weight excluding hydrogens is 232 g/mol. The topological polar surface area (TPSA) is 17.0 Å². The van der Waals surface area contributed by atoms with Crippen molar-refractivity contribution >= 4 is 0 Å². The fraction of sp³-hybridized carbons (Fsp3) is 0.412. The molecule has 2 aromatic rings. The minimum atomic E-state index is 0.689. The lowest BCUT2D eigenvalue weighted by Crippen LogP contribution is -2.28.